The van der Waals surface area contributed by atoms with Gasteiger partial charge in [-0.25, -0.2) is 0 Å². The van der Waals surface area contributed by atoms with Gasteiger partial charge in [0.1, 0.15) is 0 Å². The van der Waals surface area contributed by atoms with Crippen molar-refractivity contribution in [2.24, 2.45) is 0 Å². The molecule has 100 valence electrons. The van der Waals surface area contributed by atoms with E-state index in [-0.39, 0.29) is 22.1 Å². The van der Waals surface area contributed by atoms with Crippen molar-refractivity contribution in [2.45, 2.75) is 4.90 Å². The van der Waals surface area contributed by atoms with Crippen LogP contribution in [0.1, 0.15) is 0 Å². The summed E-state index contributed by atoms with van der Waals surface area (Å²) in [4.78, 5) is 11.0. The maximum absolute atomic E-state index is 10.9. The number of rotatable bonds is 3. The Balaban J connectivity index is 2.24. The Labute approximate surface area is 113 Å². The maximum atomic E-state index is 10.9. The number of nitrogen functional groups attached to an aromatic ring is 1. The Morgan fingerprint density at radius 1 is 1.16 bits per heavy atom. The van der Waals surface area contributed by atoms with Crippen LogP contribution in [0.2, 0.25) is 5.28 Å². The van der Waals surface area contributed by atoms with Gasteiger partial charge in [0.05, 0.1) is 4.90 Å². The molecule has 0 aliphatic rings. The molecule has 0 bridgehead atoms. The van der Waals surface area contributed by atoms with Gasteiger partial charge in [-0.3, -0.25) is 4.55 Å². The Morgan fingerprint density at radius 2 is 1.79 bits per heavy atom. The molecule has 2 rings (SSSR count). The summed E-state index contributed by atoms with van der Waals surface area (Å²) in [5.41, 5.74) is 5.89. The van der Waals surface area contributed by atoms with Crippen molar-refractivity contribution >= 4 is 39.3 Å². The highest BCUT2D eigenvalue weighted by Gasteiger charge is 2.09. The summed E-state index contributed by atoms with van der Waals surface area (Å²) in [5, 5.41) is 2.70. The van der Waals surface area contributed by atoms with E-state index < -0.39 is 10.1 Å². The molecule has 0 unspecified atom stereocenters. The molecule has 4 N–H and O–H groups in total. The van der Waals surface area contributed by atoms with Crippen molar-refractivity contribution in [1.82, 2.24) is 15.0 Å². The molecule has 1 aromatic heterocycles. The highest BCUT2D eigenvalue weighted by molar-refractivity contribution is 7.85. The Bertz CT molecular complexity index is 684. The molecule has 0 aliphatic heterocycles. The van der Waals surface area contributed by atoms with Crippen LogP contribution in [0, 0.1) is 0 Å². The van der Waals surface area contributed by atoms with E-state index in [1.54, 1.807) is 0 Å². The van der Waals surface area contributed by atoms with Gasteiger partial charge in [0, 0.05) is 5.69 Å². The topological polar surface area (TPSA) is 131 Å². The highest BCUT2D eigenvalue weighted by atomic mass is 35.5. The van der Waals surface area contributed by atoms with E-state index in [1.807, 2.05) is 0 Å². The smallest absolute Gasteiger partial charge is 0.294 e. The second-order valence-corrected chi connectivity index (χ2v) is 5.17. The summed E-state index contributed by atoms with van der Waals surface area (Å²) < 4.78 is 30.5. The molecule has 10 heteroatoms. The summed E-state index contributed by atoms with van der Waals surface area (Å²) in [7, 11) is -4.22. The van der Waals surface area contributed by atoms with Crippen molar-refractivity contribution in [3.05, 3.63) is 29.5 Å². The van der Waals surface area contributed by atoms with Gasteiger partial charge >= 0.3 is 0 Å². The minimum absolute atomic E-state index is 0.0444. The third-order valence-electron chi connectivity index (χ3n) is 2.03. The fraction of sp³-hybridized carbons (Fsp3) is 0. The van der Waals surface area contributed by atoms with Gasteiger partial charge < -0.3 is 11.1 Å². The Morgan fingerprint density at radius 3 is 2.32 bits per heavy atom. The van der Waals surface area contributed by atoms with Gasteiger partial charge in [0.25, 0.3) is 10.1 Å². The van der Waals surface area contributed by atoms with Crippen LogP contribution in [-0.4, -0.2) is 27.9 Å². The maximum Gasteiger partial charge on any atom is 0.294 e. The predicted molar refractivity (Wildman–Crippen MR) is 68.8 cm³/mol. The second-order valence-electron chi connectivity index (χ2n) is 3.41. The number of halogens is 1. The van der Waals surface area contributed by atoms with Crippen molar-refractivity contribution in [1.29, 1.82) is 0 Å². The van der Waals surface area contributed by atoms with E-state index in [2.05, 4.69) is 20.3 Å². The molecular weight excluding hydrogens is 294 g/mol. The van der Waals surface area contributed by atoms with Crippen LogP contribution >= 0.6 is 11.6 Å². The van der Waals surface area contributed by atoms with Crippen molar-refractivity contribution in [2.75, 3.05) is 11.1 Å². The fourth-order valence-electron chi connectivity index (χ4n) is 1.26. The molecule has 8 nitrogen and oxygen atoms in total. The molecule has 0 spiro atoms. The number of hydrogen-bond donors (Lipinski definition) is 3. The standard InChI is InChI=1S/C9H8ClN5O3S/c10-7-13-8(11)15-9(14-7)12-5-1-3-6(4-2-5)19(16,17)18/h1-4H,(H,16,17,18)(H3,11,12,13,14,15). The van der Waals surface area contributed by atoms with E-state index in [1.165, 1.54) is 24.3 Å². The number of nitrogens with zero attached hydrogens (tertiary/aromatic N) is 3. The van der Waals surface area contributed by atoms with E-state index >= 15 is 0 Å². The lowest BCUT2D eigenvalue weighted by Gasteiger charge is -2.05. The van der Waals surface area contributed by atoms with Gasteiger partial charge in [-0.2, -0.15) is 23.4 Å². The van der Waals surface area contributed by atoms with Crippen molar-refractivity contribution < 1.29 is 13.0 Å². The van der Waals surface area contributed by atoms with Crippen LogP contribution in [0.15, 0.2) is 29.2 Å². The molecule has 1 aromatic carbocycles. The first-order valence-corrected chi connectivity index (χ1v) is 6.68. The summed E-state index contributed by atoms with van der Waals surface area (Å²) in [6.07, 6.45) is 0. The second kappa shape index (κ2) is 4.96. The van der Waals surface area contributed by atoms with E-state index in [4.69, 9.17) is 21.9 Å². The van der Waals surface area contributed by atoms with Crippen molar-refractivity contribution in [3.63, 3.8) is 0 Å². The Hall–Kier alpha value is -1.97. The molecule has 0 radical (unpaired) electrons. The Kier molecular flexibility index (Phi) is 3.51. The molecule has 0 saturated carbocycles. The third kappa shape index (κ3) is 3.50. The number of aromatic nitrogens is 3. The van der Waals surface area contributed by atoms with Crippen LogP contribution in [0.25, 0.3) is 0 Å². The summed E-state index contributed by atoms with van der Waals surface area (Å²) in [6, 6.07) is 5.31. The minimum atomic E-state index is -4.22. The third-order valence-corrected chi connectivity index (χ3v) is 3.07. The summed E-state index contributed by atoms with van der Waals surface area (Å²) >= 11 is 5.61. The number of benzene rings is 1. The van der Waals surface area contributed by atoms with Crippen LogP contribution in [0.4, 0.5) is 17.6 Å². The number of anilines is 3. The van der Waals surface area contributed by atoms with E-state index in [0.717, 1.165) is 0 Å². The van der Waals surface area contributed by atoms with Gasteiger partial charge in [0.2, 0.25) is 17.2 Å². The van der Waals surface area contributed by atoms with Crippen molar-refractivity contribution in [3.8, 4) is 0 Å². The SMILES string of the molecule is Nc1nc(Cl)nc(Nc2ccc(S(=O)(=O)O)cc2)n1. The first-order valence-electron chi connectivity index (χ1n) is 4.86. The normalized spacial score (nSPS) is 11.3. The van der Waals surface area contributed by atoms with Crippen LogP contribution in [0.5, 0.6) is 0 Å². The van der Waals surface area contributed by atoms with Gasteiger partial charge in [0.15, 0.2) is 0 Å². The first-order chi connectivity index (χ1) is 8.84. The first kappa shape index (κ1) is 13.5. The summed E-state index contributed by atoms with van der Waals surface area (Å²) in [5.74, 6) is 0.0779. The molecule has 1 heterocycles. The summed E-state index contributed by atoms with van der Waals surface area (Å²) in [6.45, 7) is 0. The van der Waals surface area contributed by atoms with Crippen LogP contribution in [-0.2, 0) is 10.1 Å². The van der Waals surface area contributed by atoms with Gasteiger partial charge in [-0.15, -0.1) is 0 Å². The van der Waals surface area contributed by atoms with Gasteiger partial charge in [-0.1, -0.05) is 0 Å². The molecule has 0 saturated heterocycles. The van der Waals surface area contributed by atoms with Crippen LogP contribution < -0.4 is 11.1 Å². The average Bonchev–Trinajstić information content (AvgIpc) is 2.26. The minimum Gasteiger partial charge on any atom is -0.368 e. The highest BCUT2D eigenvalue weighted by Crippen LogP contribution is 2.17. The van der Waals surface area contributed by atoms with E-state index in [9.17, 15) is 8.42 Å². The molecular formula is C9H8ClN5O3S. The fourth-order valence-corrected chi connectivity index (χ4v) is 1.91. The predicted octanol–water partition coefficient (Wildman–Crippen LogP) is 1.10. The van der Waals surface area contributed by atoms with Crippen LogP contribution in [0.3, 0.4) is 0 Å². The molecule has 2 aromatic rings. The lowest BCUT2D eigenvalue weighted by atomic mass is 10.3. The monoisotopic (exact) mass is 301 g/mol. The molecule has 19 heavy (non-hydrogen) atoms. The van der Waals surface area contributed by atoms with Gasteiger partial charge in [-0.05, 0) is 35.9 Å². The number of hydrogen-bond acceptors (Lipinski definition) is 7. The number of nitrogens with one attached hydrogen (secondary N) is 1. The average molecular weight is 302 g/mol. The zero-order valence-corrected chi connectivity index (χ0v) is 10.9. The quantitative estimate of drug-likeness (QED) is 0.718. The lowest BCUT2D eigenvalue weighted by Crippen LogP contribution is -2.03. The lowest BCUT2D eigenvalue weighted by molar-refractivity contribution is 0.483. The molecule has 0 fully saturated rings. The number of nitrogens with two attached hydrogens (primary N) is 1. The zero-order chi connectivity index (χ0) is 14.0. The molecule has 0 aliphatic carbocycles. The van der Waals surface area contributed by atoms with E-state index in [0.29, 0.717) is 5.69 Å². The molecule has 0 atom stereocenters. The zero-order valence-electron chi connectivity index (χ0n) is 9.28. The molecule has 0 amide bonds. The largest absolute Gasteiger partial charge is 0.368 e.